The molecule has 9 nitrogen and oxygen atoms in total. The van der Waals surface area contributed by atoms with Crippen molar-refractivity contribution in [3.8, 4) is 0 Å². The van der Waals surface area contributed by atoms with Gasteiger partial charge in [-0.1, -0.05) is 20.8 Å². The van der Waals surface area contributed by atoms with E-state index in [1.807, 2.05) is 13.8 Å². The van der Waals surface area contributed by atoms with Crippen LogP contribution in [-0.2, 0) is 4.79 Å². The third-order valence-corrected chi connectivity index (χ3v) is 13.2. The van der Waals surface area contributed by atoms with Gasteiger partial charge in [-0.25, -0.2) is 0 Å². The minimum Gasteiger partial charge on any atom is -0.393 e. The molecule has 4 rings (SSSR count). The van der Waals surface area contributed by atoms with Gasteiger partial charge in [0.2, 0.25) is 5.91 Å². The quantitative estimate of drug-likeness (QED) is 0.0946. The summed E-state index contributed by atoms with van der Waals surface area (Å²) in [6.45, 7) is 21.1. The summed E-state index contributed by atoms with van der Waals surface area (Å²) in [6, 6.07) is 0.786. The maximum Gasteiger partial charge on any atom is 0.220 e. The number of fused-ring (bicyclic) bond motifs is 5. The average Bonchev–Trinajstić information content (AvgIpc) is 3.37. The van der Waals surface area contributed by atoms with Gasteiger partial charge in [-0.2, -0.15) is 0 Å². The summed E-state index contributed by atoms with van der Waals surface area (Å²) in [7, 11) is 0. The van der Waals surface area contributed by atoms with Gasteiger partial charge in [0.25, 0.3) is 0 Å². The number of nitrogens with one attached hydrogen (secondary N) is 6. The van der Waals surface area contributed by atoms with Crippen molar-refractivity contribution in [3.05, 3.63) is 0 Å². The van der Waals surface area contributed by atoms with Crippen LogP contribution in [0.15, 0.2) is 0 Å². The Hall–Kier alpha value is -0.810. The largest absolute Gasteiger partial charge is 0.393 e. The summed E-state index contributed by atoms with van der Waals surface area (Å²) >= 11 is 0. The Labute approximate surface area is 281 Å². The van der Waals surface area contributed by atoms with Crippen molar-refractivity contribution in [1.29, 1.82) is 0 Å². The molecule has 0 saturated heterocycles. The Balaban J connectivity index is 1.16. The molecule has 0 aromatic carbocycles. The zero-order chi connectivity index (χ0) is 33.2. The molecular weight excluding hydrogens is 574 g/mol. The maximum absolute atomic E-state index is 12.4. The Bertz CT molecular complexity index is 907. The van der Waals surface area contributed by atoms with E-state index >= 15 is 0 Å². The first-order valence-electron chi connectivity index (χ1n) is 19.3. The van der Waals surface area contributed by atoms with E-state index in [1.54, 1.807) is 0 Å². The van der Waals surface area contributed by atoms with Crippen LogP contribution in [0.4, 0.5) is 0 Å². The van der Waals surface area contributed by atoms with Crippen molar-refractivity contribution in [3.63, 3.8) is 0 Å². The minimum atomic E-state index is -0.158. The number of rotatable bonds is 20. The van der Waals surface area contributed by atoms with Gasteiger partial charge in [0.15, 0.2) is 0 Å². The number of carbonyl (C=O) groups excluding carboxylic acids is 1. The average molecular weight is 648 g/mol. The summed E-state index contributed by atoms with van der Waals surface area (Å²) in [5.74, 6) is 3.79. The smallest absolute Gasteiger partial charge is 0.220 e. The Morgan fingerprint density at radius 1 is 0.783 bits per heavy atom. The van der Waals surface area contributed by atoms with Crippen LogP contribution >= 0.6 is 0 Å². The lowest BCUT2D eigenvalue weighted by molar-refractivity contribution is -0.167. The van der Waals surface area contributed by atoms with Crippen molar-refractivity contribution in [2.45, 2.75) is 117 Å². The normalized spacial score (nSPS) is 36.2. The van der Waals surface area contributed by atoms with E-state index in [0.717, 1.165) is 71.7 Å². The second kappa shape index (κ2) is 18.3. The molecule has 4 saturated carbocycles. The number of amides is 1. The van der Waals surface area contributed by atoms with Gasteiger partial charge in [-0.05, 0) is 118 Å². The molecule has 9 N–H and O–H groups in total. The molecule has 268 valence electrons. The fourth-order valence-electron chi connectivity index (χ4n) is 10.8. The van der Waals surface area contributed by atoms with E-state index in [2.05, 4.69) is 52.7 Å². The first-order chi connectivity index (χ1) is 22.1. The highest BCUT2D eigenvalue weighted by Gasteiger charge is 2.62. The van der Waals surface area contributed by atoms with E-state index in [9.17, 15) is 9.90 Å². The molecule has 0 heterocycles. The van der Waals surface area contributed by atoms with Crippen molar-refractivity contribution in [2.75, 3.05) is 65.4 Å². The van der Waals surface area contributed by atoms with Crippen LogP contribution in [0.5, 0.6) is 0 Å². The molecule has 0 aromatic rings. The Morgan fingerprint density at radius 2 is 1.37 bits per heavy atom. The molecular formula is C37H73N7O2. The summed E-state index contributed by atoms with van der Waals surface area (Å²) in [4.78, 5) is 12.4. The zero-order valence-electron chi connectivity index (χ0n) is 30.3. The zero-order valence-corrected chi connectivity index (χ0v) is 30.3. The van der Waals surface area contributed by atoms with Crippen LogP contribution in [0.2, 0.25) is 0 Å². The number of aliphatic hydroxyl groups excluding tert-OH is 1. The molecule has 0 radical (unpaired) electrons. The number of hydrogen-bond donors (Lipinski definition) is 8. The van der Waals surface area contributed by atoms with Crippen LogP contribution in [0.1, 0.15) is 98.8 Å². The van der Waals surface area contributed by atoms with Crippen LogP contribution in [0.3, 0.4) is 0 Å². The van der Waals surface area contributed by atoms with Gasteiger partial charge in [0.1, 0.15) is 0 Å². The van der Waals surface area contributed by atoms with E-state index in [-0.39, 0.29) is 18.1 Å². The minimum absolute atomic E-state index is 0.158. The van der Waals surface area contributed by atoms with Crippen LogP contribution < -0.4 is 37.6 Å². The van der Waals surface area contributed by atoms with Gasteiger partial charge in [-0.3, -0.25) is 4.79 Å². The predicted octanol–water partition coefficient (Wildman–Crippen LogP) is 2.83. The van der Waals surface area contributed by atoms with Gasteiger partial charge in [0, 0.05) is 84.0 Å². The molecule has 4 aliphatic rings. The highest BCUT2D eigenvalue weighted by atomic mass is 16.3. The lowest BCUT2D eigenvalue weighted by Gasteiger charge is -2.62. The Morgan fingerprint density at radius 3 is 2.00 bits per heavy atom. The van der Waals surface area contributed by atoms with E-state index in [4.69, 9.17) is 5.73 Å². The van der Waals surface area contributed by atoms with Crippen molar-refractivity contribution in [1.82, 2.24) is 31.9 Å². The first-order valence-corrected chi connectivity index (χ1v) is 19.3. The third-order valence-electron chi connectivity index (χ3n) is 13.2. The summed E-state index contributed by atoms with van der Waals surface area (Å²) < 4.78 is 0. The molecule has 0 bridgehead atoms. The molecule has 0 aromatic heterocycles. The van der Waals surface area contributed by atoms with E-state index in [1.165, 1.54) is 44.9 Å². The van der Waals surface area contributed by atoms with Crippen molar-refractivity contribution < 1.29 is 9.90 Å². The molecule has 0 spiro atoms. The van der Waals surface area contributed by atoms with Crippen molar-refractivity contribution in [2.24, 2.45) is 52.1 Å². The van der Waals surface area contributed by atoms with Crippen LogP contribution in [0.25, 0.3) is 0 Å². The first kappa shape index (κ1) is 38.0. The third kappa shape index (κ3) is 9.66. The molecule has 0 aliphatic heterocycles. The van der Waals surface area contributed by atoms with Crippen molar-refractivity contribution >= 4 is 5.91 Å². The number of carbonyl (C=O) groups is 1. The summed E-state index contributed by atoms with van der Waals surface area (Å²) in [6.07, 6.45) is 11.3. The number of aliphatic hydroxyl groups is 1. The maximum atomic E-state index is 12.4. The SMILES string of the molecule is CC(C)NC(=O)CC[C@@H](C)C1CCC2C3C(CC[C@@]21C)[C@@]1(C)CC[C@H](NCCNCCNCCNCCNCCN)CC1C[C@H]3O. The molecule has 1 amide bonds. The van der Waals surface area contributed by atoms with E-state index in [0.29, 0.717) is 65.3 Å². The highest BCUT2D eigenvalue weighted by Crippen LogP contribution is 2.68. The predicted molar refractivity (Wildman–Crippen MR) is 191 cm³/mol. The fourth-order valence-corrected chi connectivity index (χ4v) is 10.8. The molecule has 4 aliphatic carbocycles. The topological polar surface area (TPSA) is 136 Å². The summed E-state index contributed by atoms with van der Waals surface area (Å²) in [5, 5.41) is 32.6. The van der Waals surface area contributed by atoms with Crippen LogP contribution in [-0.4, -0.2) is 94.6 Å². The molecule has 10 atom stereocenters. The monoisotopic (exact) mass is 648 g/mol. The number of nitrogens with two attached hydrogens (primary N) is 1. The molecule has 9 heteroatoms. The van der Waals surface area contributed by atoms with Gasteiger partial charge < -0.3 is 42.7 Å². The highest BCUT2D eigenvalue weighted by molar-refractivity contribution is 5.76. The second-order valence-electron chi connectivity index (χ2n) is 16.5. The lowest BCUT2D eigenvalue weighted by atomic mass is 9.43. The van der Waals surface area contributed by atoms with Gasteiger partial charge in [-0.15, -0.1) is 0 Å². The Kier molecular flexibility index (Phi) is 15.1. The van der Waals surface area contributed by atoms with Gasteiger partial charge in [0.05, 0.1) is 6.10 Å². The van der Waals surface area contributed by atoms with Gasteiger partial charge >= 0.3 is 0 Å². The fraction of sp³-hybridized carbons (Fsp3) is 0.973. The lowest BCUT2D eigenvalue weighted by Crippen LogP contribution is -2.59. The van der Waals surface area contributed by atoms with Crippen LogP contribution in [0, 0.1) is 46.3 Å². The second-order valence-corrected chi connectivity index (χ2v) is 16.5. The van der Waals surface area contributed by atoms with E-state index < -0.39 is 0 Å². The summed E-state index contributed by atoms with van der Waals surface area (Å²) in [5.41, 5.74) is 6.15. The standard InChI is InChI=1S/C37H73N7O2/c1-26(2)44-34(46)9-6-27(3)30-7-8-31-35-32(11-13-37(30,31)5)36(4)12-10-29(24-28(36)25-33(35)45)43-23-22-42-21-20-41-19-18-40-17-16-39-15-14-38/h26-33,35,39-43,45H,6-25,38H2,1-5H3,(H,44,46)/t27-,28?,29+,30?,31?,32?,33-,35?,36+,37-/m1/s1. The number of hydrogen-bond acceptors (Lipinski definition) is 8. The molecule has 4 fully saturated rings. The molecule has 5 unspecified atom stereocenters. The molecule has 46 heavy (non-hydrogen) atoms.